The molecule has 6 nitrogen and oxygen atoms in total. The van der Waals surface area contributed by atoms with Gasteiger partial charge in [-0.2, -0.15) is 5.26 Å². The molecule has 2 aromatic rings. The third-order valence-electron chi connectivity index (χ3n) is 2.87. The van der Waals surface area contributed by atoms with Crippen molar-refractivity contribution in [3.8, 4) is 6.07 Å². The summed E-state index contributed by atoms with van der Waals surface area (Å²) >= 11 is 5.70. The van der Waals surface area contributed by atoms with E-state index in [2.05, 4.69) is 4.98 Å². The molecule has 8 heteroatoms. The zero-order chi connectivity index (χ0) is 15.1. The third-order valence-corrected chi connectivity index (χ3v) is 4.45. The lowest BCUT2D eigenvalue weighted by Gasteiger charge is -2.21. The predicted octanol–water partition coefficient (Wildman–Crippen LogP) is 1.16. The Morgan fingerprint density at radius 1 is 1.55 bits per heavy atom. The van der Waals surface area contributed by atoms with Gasteiger partial charge in [-0.15, -0.1) is 11.6 Å². The molecule has 1 N–H and O–H groups in total. The van der Waals surface area contributed by atoms with Crippen LogP contribution in [0.5, 0.6) is 0 Å². The van der Waals surface area contributed by atoms with E-state index in [0.29, 0.717) is 11.0 Å². The third kappa shape index (κ3) is 2.38. The molecule has 0 aliphatic heterocycles. The van der Waals surface area contributed by atoms with Crippen molar-refractivity contribution in [1.82, 2.24) is 8.96 Å². The number of hydrogen-bond donors (Lipinski definition) is 1. The van der Waals surface area contributed by atoms with E-state index >= 15 is 0 Å². The lowest BCUT2D eigenvalue weighted by molar-refractivity contribution is 0.0772. The molecule has 20 heavy (non-hydrogen) atoms. The monoisotopic (exact) mass is 313 g/mol. The largest absolute Gasteiger partial charge is 0.383 e. The fourth-order valence-corrected chi connectivity index (χ4v) is 3.18. The van der Waals surface area contributed by atoms with E-state index in [1.54, 1.807) is 0 Å². The highest BCUT2D eigenvalue weighted by molar-refractivity contribution is 7.89. The first-order valence-corrected chi connectivity index (χ1v) is 8.01. The van der Waals surface area contributed by atoms with Gasteiger partial charge in [0.2, 0.25) is 10.0 Å². The normalized spacial score (nSPS) is 14.9. The summed E-state index contributed by atoms with van der Waals surface area (Å²) in [6.45, 7) is 1.42. The summed E-state index contributed by atoms with van der Waals surface area (Å²) in [6.07, 6.45) is 1.03. The molecule has 0 fully saturated rings. The van der Waals surface area contributed by atoms with E-state index in [1.807, 2.05) is 6.07 Å². The van der Waals surface area contributed by atoms with Crippen molar-refractivity contribution < 1.29 is 13.5 Å². The first kappa shape index (κ1) is 14.8. The van der Waals surface area contributed by atoms with Crippen LogP contribution < -0.4 is 0 Å². The average Bonchev–Trinajstić information content (AvgIpc) is 2.77. The van der Waals surface area contributed by atoms with Gasteiger partial charge in [0.1, 0.15) is 17.4 Å². The quantitative estimate of drug-likeness (QED) is 0.858. The van der Waals surface area contributed by atoms with Gasteiger partial charge in [0.15, 0.2) is 0 Å². The Balaban J connectivity index is 2.91. The van der Waals surface area contributed by atoms with Crippen LogP contribution in [0.4, 0.5) is 0 Å². The highest BCUT2D eigenvalue weighted by Crippen LogP contribution is 2.29. The molecule has 0 amide bonds. The lowest BCUT2D eigenvalue weighted by atomic mass is 10.1. The number of aromatic nitrogens is 2. The van der Waals surface area contributed by atoms with Gasteiger partial charge in [-0.1, -0.05) is 0 Å². The second-order valence-corrected chi connectivity index (χ2v) is 6.78. The summed E-state index contributed by atoms with van der Waals surface area (Å²) < 4.78 is 24.9. The van der Waals surface area contributed by atoms with Gasteiger partial charge in [-0.3, -0.25) is 0 Å². The molecule has 1 atom stereocenters. The highest BCUT2D eigenvalue weighted by atomic mass is 35.5. The van der Waals surface area contributed by atoms with Gasteiger partial charge in [-0.25, -0.2) is 17.4 Å². The van der Waals surface area contributed by atoms with E-state index < -0.39 is 15.6 Å². The van der Waals surface area contributed by atoms with Crippen molar-refractivity contribution in [3.05, 3.63) is 29.6 Å². The number of halogens is 1. The summed E-state index contributed by atoms with van der Waals surface area (Å²) in [4.78, 5) is 4.04. The first-order chi connectivity index (χ1) is 9.20. The van der Waals surface area contributed by atoms with Crippen LogP contribution in [0.1, 0.15) is 18.3 Å². The minimum atomic E-state index is -3.65. The van der Waals surface area contributed by atoms with E-state index in [9.17, 15) is 13.5 Å². The Bertz CT molecular complexity index is 818. The van der Waals surface area contributed by atoms with Crippen molar-refractivity contribution in [2.75, 3.05) is 12.1 Å². The second kappa shape index (κ2) is 4.74. The fraction of sp³-hybridized carbons (Fsp3) is 0.333. The maximum absolute atomic E-state index is 12.0. The summed E-state index contributed by atoms with van der Waals surface area (Å²) in [5.41, 5.74) is -0.632. The zero-order valence-corrected chi connectivity index (χ0v) is 12.4. The van der Waals surface area contributed by atoms with E-state index in [1.165, 1.54) is 25.1 Å². The highest BCUT2D eigenvalue weighted by Gasteiger charge is 2.31. The SMILES string of the molecule is CC(O)(CCl)c1cc2nc(C#N)ccc2n1S(C)(=O)=O. The summed E-state index contributed by atoms with van der Waals surface area (Å²) in [6, 6.07) is 6.21. The van der Waals surface area contributed by atoms with E-state index in [4.69, 9.17) is 16.9 Å². The first-order valence-electron chi connectivity index (χ1n) is 5.62. The minimum absolute atomic E-state index is 0.118. The Morgan fingerprint density at radius 2 is 2.20 bits per heavy atom. The summed E-state index contributed by atoms with van der Waals surface area (Å²) in [5, 5.41) is 19.1. The number of alkyl halides is 1. The van der Waals surface area contributed by atoms with Crippen molar-refractivity contribution in [2.45, 2.75) is 12.5 Å². The number of aliphatic hydroxyl groups is 1. The Hall–Kier alpha value is -1.62. The van der Waals surface area contributed by atoms with E-state index in [0.717, 1.165) is 10.2 Å². The second-order valence-electron chi connectivity index (χ2n) is 4.68. The molecule has 0 aromatic carbocycles. The van der Waals surface area contributed by atoms with Crippen LogP contribution >= 0.6 is 11.6 Å². The molecule has 0 aliphatic carbocycles. The molecular formula is C12H12ClN3O3S. The molecule has 0 bridgehead atoms. The van der Waals surface area contributed by atoms with Crippen LogP contribution in [0.25, 0.3) is 11.0 Å². The maximum atomic E-state index is 12.0. The molecule has 0 aliphatic rings. The lowest BCUT2D eigenvalue weighted by Crippen LogP contribution is -2.29. The van der Waals surface area contributed by atoms with Crippen molar-refractivity contribution in [2.24, 2.45) is 0 Å². The molecular weight excluding hydrogens is 302 g/mol. The van der Waals surface area contributed by atoms with Crippen LogP contribution in [0.2, 0.25) is 0 Å². The van der Waals surface area contributed by atoms with Crippen molar-refractivity contribution >= 4 is 32.7 Å². The summed E-state index contributed by atoms with van der Waals surface area (Å²) in [7, 11) is -3.65. The van der Waals surface area contributed by atoms with Crippen LogP contribution in [-0.4, -0.2) is 34.6 Å². The van der Waals surface area contributed by atoms with Crippen LogP contribution in [-0.2, 0) is 15.6 Å². The molecule has 0 saturated carbocycles. The smallest absolute Gasteiger partial charge is 0.236 e. The van der Waals surface area contributed by atoms with Crippen LogP contribution in [0.15, 0.2) is 18.2 Å². The van der Waals surface area contributed by atoms with Gasteiger partial charge >= 0.3 is 0 Å². The Labute approximate surface area is 121 Å². The molecule has 2 aromatic heterocycles. The minimum Gasteiger partial charge on any atom is -0.383 e. The zero-order valence-electron chi connectivity index (χ0n) is 10.8. The van der Waals surface area contributed by atoms with Gasteiger partial charge in [0.25, 0.3) is 0 Å². The van der Waals surface area contributed by atoms with Gasteiger partial charge < -0.3 is 5.11 Å². The van der Waals surface area contributed by atoms with Gasteiger partial charge in [-0.05, 0) is 25.1 Å². The van der Waals surface area contributed by atoms with Crippen LogP contribution in [0.3, 0.4) is 0 Å². The number of fused-ring (bicyclic) bond motifs is 1. The fourth-order valence-electron chi connectivity index (χ4n) is 1.93. The molecule has 1 unspecified atom stereocenters. The number of hydrogen-bond acceptors (Lipinski definition) is 5. The molecule has 2 heterocycles. The Morgan fingerprint density at radius 3 is 2.70 bits per heavy atom. The molecule has 0 radical (unpaired) electrons. The number of nitriles is 1. The molecule has 106 valence electrons. The number of rotatable bonds is 3. The average molecular weight is 314 g/mol. The van der Waals surface area contributed by atoms with E-state index in [-0.39, 0.29) is 17.3 Å². The Kier molecular flexibility index (Phi) is 3.50. The number of pyridine rings is 1. The number of nitrogens with zero attached hydrogens (tertiary/aromatic N) is 3. The molecule has 2 rings (SSSR count). The topological polar surface area (TPSA) is 96.0 Å². The predicted molar refractivity (Wildman–Crippen MR) is 75.0 cm³/mol. The van der Waals surface area contributed by atoms with Gasteiger partial charge in [0, 0.05) is 0 Å². The standard InChI is InChI=1S/C12H12ClN3O3S/c1-12(17,7-13)11-5-9-10(16(11)20(2,18)19)4-3-8(6-14)15-9/h3-5,17H,7H2,1-2H3. The van der Waals surface area contributed by atoms with Crippen molar-refractivity contribution in [1.29, 1.82) is 5.26 Å². The maximum Gasteiger partial charge on any atom is 0.236 e. The van der Waals surface area contributed by atoms with Gasteiger partial charge in [0.05, 0.1) is 28.9 Å². The summed E-state index contributed by atoms with van der Waals surface area (Å²) in [5.74, 6) is -0.177. The molecule has 0 saturated heterocycles. The van der Waals surface area contributed by atoms with Crippen LogP contribution in [0, 0.1) is 11.3 Å². The molecule has 0 spiro atoms. The van der Waals surface area contributed by atoms with Crippen molar-refractivity contribution in [3.63, 3.8) is 0 Å².